The molecule has 1 amide bonds. The zero-order valence-corrected chi connectivity index (χ0v) is 15.9. The van der Waals surface area contributed by atoms with Gasteiger partial charge in [0.2, 0.25) is 4.91 Å². The third-order valence-electron chi connectivity index (χ3n) is 3.29. The average molecular weight is 401 g/mol. The predicted molar refractivity (Wildman–Crippen MR) is 101 cm³/mol. The van der Waals surface area contributed by atoms with Crippen LogP contribution in [0.25, 0.3) is 0 Å². The number of amides is 1. The van der Waals surface area contributed by atoms with Crippen molar-refractivity contribution in [2.24, 2.45) is 10.8 Å². The van der Waals surface area contributed by atoms with Crippen molar-refractivity contribution in [3.8, 4) is 0 Å². The van der Waals surface area contributed by atoms with Gasteiger partial charge in [-0.25, -0.2) is 4.79 Å². The summed E-state index contributed by atoms with van der Waals surface area (Å²) in [5, 5.41) is 15.1. The summed E-state index contributed by atoms with van der Waals surface area (Å²) in [5.74, 6) is -1.03. The Kier molecular flexibility index (Phi) is 10.4. The van der Waals surface area contributed by atoms with Crippen LogP contribution in [0.1, 0.15) is 18.4 Å². The molecule has 0 spiro atoms. The highest BCUT2D eigenvalue weighted by Gasteiger charge is 2.17. The molecule has 0 saturated carbocycles. The molecule has 0 fully saturated rings. The Morgan fingerprint density at radius 3 is 2.65 bits per heavy atom. The number of alkyl carbamates (subject to hydrolysis) is 1. The average Bonchev–Trinajstić information content (AvgIpc) is 2.63. The third-order valence-corrected chi connectivity index (χ3v) is 5.56. The van der Waals surface area contributed by atoms with Gasteiger partial charge in [-0.3, -0.25) is 4.79 Å². The second kappa shape index (κ2) is 12.3. The molecule has 0 saturated heterocycles. The lowest BCUT2D eigenvalue weighted by atomic mass is 10.1. The van der Waals surface area contributed by atoms with Crippen LogP contribution in [-0.2, 0) is 16.1 Å². The molecule has 0 aliphatic heterocycles. The molecule has 0 aliphatic carbocycles. The van der Waals surface area contributed by atoms with E-state index in [1.54, 1.807) is 45.9 Å². The summed E-state index contributed by atoms with van der Waals surface area (Å²) >= 11 is 0. The molecule has 0 aliphatic rings. The second-order valence-corrected chi connectivity index (χ2v) is 8.00. The number of carbonyl (C=O) groups is 2. The fourth-order valence-corrected chi connectivity index (χ4v) is 3.89. The maximum absolute atomic E-state index is 11.8. The molecule has 1 rings (SSSR count). The van der Waals surface area contributed by atoms with Crippen molar-refractivity contribution in [2.45, 2.75) is 30.7 Å². The molecule has 2 atom stereocenters. The number of hydrogen-bond donors (Lipinski definition) is 4. The van der Waals surface area contributed by atoms with E-state index < -0.39 is 18.1 Å². The van der Waals surface area contributed by atoms with E-state index in [4.69, 9.17) is 21.1 Å². The van der Waals surface area contributed by atoms with E-state index in [0.717, 1.165) is 5.56 Å². The lowest BCUT2D eigenvalue weighted by Crippen LogP contribution is -2.34. The van der Waals surface area contributed by atoms with Gasteiger partial charge in [0.05, 0.1) is 0 Å². The fourth-order valence-electron chi connectivity index (χ4n) is 1.92. The monoisotopic (exact) mass is 400 g/mol. The van der Waals surface area contributed by atoms with Crippen LogP contribution in [0.3, 0.4) is 0 Å². The number of hydrogen-bond acceptors (Lipinski definition) is 8. The van der Waals surface area contributed by atoms with Crippen molar-refractivity contribution >= 4 is 39.3 Å². The standard InChI is InChI=1S/C15H21N5O4S2/c1-25-26-12(6-7-13(16)14(21)22)8-18-15(23)24-9-10-2-4-11(5-3-10)19-20-17/h2-5,12-13,17H,6-9,16H2,1H3,(H-,18,21,22,23)/p+1. The summed E-state index contributed by atoms with van der Waals surface area (Å²) < 4.78 is 5.14. The lowest BCUT2D eigenvalue weighted by Gasteiger charge is -2.17. The zero-order chi connectivity index (χ0) is 19.4. The first-order chi connectivity index (χ1) is 12.5. The zero-order valence-electron chi connectivity index (χ0n) is 14.3. The molecule has 2 unspecified atom stereocenters. The topological polar surface area (TPSA) is 152 Å². The Balaban J connectivity index is 2.37. The van der Waals surface area contributed by atoms with Crippen LogP contribution in [0, 0.1) is 5.53 Å². The van der Waals surface area contributed by atoms with Crippen molar-refractivity contribution in [3.63, 3.8) is 0 Å². The van der Waals surface area contributed by atoms with Gasteiger partial charge in [0.15, 0.2) is 10.8 Å². The Bertz CT molecular complexity index is 637. The Hall–Kier alpha value is -2.07. The molecule has 142 valence electrons. The van der Waals surface area contributed by atoms with Gasteiger partial charge in [-0.2, -0.15) is 0 Å². The Morgan fingerprint density at radius 2 is 2.08 bits per heavy atom. The summed E-state index contributed by atoms with van der Waals surface area (Å²) in [4.78, 5) is 25.5. The lowest BCUT2D eigenvalue weighted by molar-refractivity contribution is -0.138. The summed E-state index contributed by atoms with van der Waals surface area (Å²) in [7, 11) is 3.10. The van der Waals surface area contributed by atoms with Crippen LogP contribution in [0.5, 0.6) is 0 Å². The number of nitrogens with two attached hydrogens (primary N) is 1. The highest BCUT2D eigenvalue weighted by atomic mass is 33.1. The highest BCUT2D eigenvalue weighted by Crippen LogP contribution is 2.26. The number of nitrogens with zero attached hydrogens (tertiary/aromatic N) is 2. The van der Waals surface area contributed by atoms with E-state index in [0.29, 0.717) is 25.1 Å². The van der Waals surface area contributed by atoms with E-state index in [1.165, 1.54) is 0 Å². The minimum absolute atomic E-state index is 0.0393. The van der Waals surface area contributed by atoms with Crippen molar-refractivity contribution in [2.75, 3.05) is 12.8 Å². The Morgan fingerprint density at radius 1 is 1.38 bits per heavy atom. The van der Waals surface area contributed by atoms with Crippen molar-refractivity contribution in [3.05, 3.63) is 29.8 Å². The number of carboxylic acids is 1. The quantitative estimate of drug-likeness (QED) is 0.253. The van der Waals surface area contributed by atoms with E-state index in [-0.39, 0.29) is 11.9 Å². The Labute approximate surface area is 159 Å². The number of benzene rings is 1. The molecular formula is C15H22N5O4S2+. The molecule has 5 N–H and O–H groups in total. The van der Waals surface area contributed by atoms with Crippen LogP contribution in [-0.4, -0.2) is 41.3 Å². The minimum atomic E-state index is -1.03. The number of carbonyl (C=O) groups excluding carboxylic acids is 1. The van der Waals surface area contributed by atoms with Gasteiger partial charge in [0.1, 0.15) is 18.2 Å². The van der Waals surface area contributed by atoms with Crippen LogP contribution in [0.4, 0.5) is 10.5 Å². The van der Waals surface area contributed by atoms with Gasteiger partial charge in [0, 0.05) is 11.8 Å². The number of nitrogens with one attached hydrogen (secondary N) is 2. The molecule has 1 aromatic rings. The first kappa shape index (κ1) is 22.0. The third kappa shape index (κ3) is 8.86. The molecule has 9 nitrogen and oxygen atoms in total. The molecule has 0 aromatic heterocycles. The normalized spacial score (nSPS) is 12.5. The van der Waals surface area contributed by atoms with E-state index >= 15 is 0 Å². The van der Waals surface area contributed by atoms with Crippen LogP contribution >= 0.6 is 21.6 Å². The van der Waals surface area contributed by atoms with Gasteiger partial charge in [-0.05, 0) is 36.8 Å². The van der Waals surface area contributed by atoms with Crippen LogP contribution in [0.15, 0.2) is 29.4 Å². The van der Waals surface area contributed by atoms with Gasteiger partial charge in [-0.15, -0.1) is 0 Å². The number of carboxylic acid groups (broad SMARTS) is 1. The number of rotatable bonds is 11. The first-order valence-electron chi connectivity index (χ1n) is 7.71. The largest absolute Gasteiger partial charge is 0.480 e. The van der Waals surface area contributed by atoms with Crippen LogP contribution in [0.2, 0.25) is 0 Å². The van der Waals surface area contributed by atoms with E-state index in [1.807, 2.05) is 6.26 Å². The summed E-state index contributed by atoms with van der Waals surface area (Å²) in [6, 6.07) is 5.91. The van der Waals surface area contributed by atoms with Crippen molar-refractivity contribution in [1.29, 1.82) is 5.53 Å². The maximum atomic E-state index is 11.8. The summed E-state index contributed by atoms with van der Waals surface area (Å²) in [6.07, 6.45) is 2.28. The van der Waals surface area contributed by atoms with Crippen LogP contribution < -0.4 is 16.0 Å². The van der Waals surface area contributed by atoms with Gasteiger partial charge in [0.25, 0.3) is 0 Å². The molecule has 11 heteroatoms. The van der Waals surface area contributed by atoms with Crippen molar-refractivity contribution < 1.29 is 19.4 Å². The smallest absolute Gasteiger partial charge is 0.407 e. The molecular weight excluding hydrogens is 378 g/mol. The van der Waals surface area contributed by atoms with Gasteiger partial charge < -0.3 is 20.9 Å². The molecule has 26 heavy (non-hydrogen) atoms. The minimum Gasteiger partial charge on any atom is -0.480 e. The fraction of sp³-hybridized carbons (Fsp3) is 0.467. The van der Waals surface area contributed by atoms with Gasteiger partial charge in [-0.1, -0.05) is 33.7 Å². The summed E-state index contributed by atoms with van der Waals surface area (Å²) in [6.45, 7) is 0.466. The van der Waals surface area contributed by atoms with Crippen molar-refractivity contribution in [1.82, 2.24) is 10.2 Å². The second-order valence-electron chi connectivity index (χ2n) is 5.23. The predicted octanol–water partition coefficient (Wildman–Crippen LogP) is 2.67. The molecule has 0 radical (unpaired) electrons. The SMILES string of the molecule is CSSC(CCC(N)C(=O)O)CNC(=O)OCc1ccc(N=[N+]=N)cc1. The number of aliphatic carboxylic acids is 1. The number of ether oxygens (including phenoxy) is 1. The summed E-state index contributed by atoms with van der Waals surface area (Å²) in [5.41, 5.74) is 13.5. The first-order valence-corrected chi connectivity index (χ1v) is 10.3. The molecule has 0 heterocycles. The van der Waals surface area contributed by atoms with Gasteiger partial charge >= 0.3 is 12.1 Å². The van der Waals surface area contributed by atoms with E-state index in [2.05, 4.69) is 15.3 Å². The van der Waals surface area contributed by atoms with E-state index in [9.17, 15) is 9.59 Å². The molecule has 1 aromatic carbocycles. The highest BCUT2D eigenvalue weighted by molar-refractivity contribution is 8.76. The molecule has 0 bridgehead atoms. The maximum Gasteiger partial charge on any atom is 0.407 e.